The van der Waals surface area contributed by atoms with Crippen molar-refractivity contribution in [2.24, 2.45) is 5.92 Å². The van der Waals surface area contributed by atoms with Gasteiger partial charge in [-0.2, -0.15) is 0 Å². The summed E-state index contributed by atoms with van der Waals surface area (Å²) in [6.07, 6.45) is 0. The van der Waals surface area contributed by atoms with E-state index in [2.05, 4.69) is 10.6 Å². The fourth-order valence-corrected chi connectivity index (χ4v) is 1.64. The predicted molar refractivity (Wildman–Crippen MR) is 63.1 cm³/mol. The van der Waals surface area contributed by atoms with Crippen LogP contribution >= 0.6 is 11.6 Å². The van der Waals surface area contributed by atoms with Crippen LogP contribution < -0.4 is 10.6 Å². The number of anilines is 1. The topological polar surface area (TPSA) is 84.3 Å². The molecule has 0 saturated carbocycles. The number of nitrogens with zero attached hydrogens (tertiary/aromatic N) is 1. The largest absolute Gasteiger partial charge is 0.320 e. The Balaban J connectivity index is 2.19. The first-order valence-electron chi connectivity index (χ1n) is 5.03. The number of nitrogens with one attached hydrogen (secondary N) is 2. The van der Waals surface area contributed by atoms with E-state index < -0.39 is 4.92 Å². The summed E-state index contributed by atoms with van der Waals surface area (Å²) in [5.41, 5.74) is -0.0190. The Kier molecular flexibility index (Phi) is 3.26. The van der Waals surface area contributed by atoms with Gasteiger partial charge in [-0.3, -0.25) is 14.9 Å². The number of benzene rings is 1. The number of nitro benzene ring substituents is 1. The van der Waals surface area contributed by atoms with Gasteiger partial charge in [-0.1, -0.05) is 11.6 Å². The Morgan fingerprint density at radius 1 is 1.53 bits per heavy atom. The highest BCUT2D eigenvalue weighted by molar-refractivity contribution is 6.31. The minimum atomic E-state index is -0.569. The summed E-state index contributed by atoms with van der Waals surface area (Å²) >= 11 is 5.67. The van der Waals surface area contributed by atoms with Crippen molar-refractivity contribution >= 4 is 28.9 Å². The molecule has 0 bridgehead atoms. The Bertz CT molecular complexity index is 474. The first-order valence-corrected chi connectivity index (χ1v) is 5.41. The van der Waals surface area contributed by atoms with Crippen LogP contribution in [0.15, 0.2) is 18.2 Å². The third-order valence-corrected chi connectivity index (χ3v) is 2.80. The summed E-state index contributed by atoms with van der Waals surface area (Å²) in [4.78, 5) is 21.9. The van der Waals surface area contributed by atoms with Crippen LogP contribution in [-0.2, 0) is 4.79 Å². The molecular weight excluding hydrogens is 246 g/mol. The number of hydrogen-bond donors (Lipinski definition) is 2. The highest BCUT2D eigenvalue weighted by Crippen LogP contribution is 2.28. The maximum absolute atomic E-state index is 11.6. The molecule has 17 heavy (non-hydrogen) atoms. The zero-order chi connectivity index (χ0) is 12.4. The highest BCUT2D eigenvalue weighted by Gasteiger charge is 2.26. The lowest BCUT2D eigenvalue weighted by Crippen LogP contribution is -2.48. The molecule has 2 N–H and O–H groups in total. The van der Waals surface area contributed by atoms with E-state index in [-0.39, 0.29) is 28.2 Å². The van der Waals surface area contributed by atoms with Crippen LogP contribution in [0, 0.1) is 16.0 Å². The maximum atomic E-state index is 11.6. The van der Waals surface area contributed by atoms with E-state index in [1.165, 1.54) is 18.2 Å². The Morgan fingerprint density at radius 2 is 2.24 bits per heavy atom. The third kappa shape index (κ3) is 2.54. The summed E-state index contributed by atoms with van der Waals surface area (Å²) in [5, 5.41) is 16.6. The molecule has 1 aliphatic heterocycles. The Hall–Kier alpha value is -1.66. The van der Waals surface area contributed by atoms with Gasteiger partial charge in [0.1, 0.15) is 5.69 Å². The number of carbonyl (C=O) groups excluding carboxylic acids is 1. The summed E-state index contributed by atoms with van der Waals surface area (Å²) in [5.74, 6) is -0.334. The van der Waals surface area contributed by atoms with E-state index in [4.69, 9.17) is 11.6 Å². The van der Waals surface area contributed by atoms with Crippen molar-refractivity contribution in [3.63, 3.8) is 0 Å². The normalized spacial score (nSPS) is 15.1. The van der Waals surface area contributed by atoms with E-state index in [1.54, 1.807) is 0 Å². The van der Waals surface area contributed by atoms with Crippen LogP contribution in [0.25, 0.3) is 0 Å². The fraction of sp³-hybridized carbons (Fsp3) is 0.300. The molecule has 1 aromatic carbocycles. The minimum Gasteiger partial charge on any atom is -0.320 e. The first kappa shape index (κ1) is 11.8. The second-order valence-electron chi connectivity index (χ2n) is 3.76. The molecule has 6 nitrogen and oxygen atoms in total. The molecule has 7 heteroatoms. The number of halogens is 1. The van der Waals surface area contributed by atoms with Gasteiger partial charge in [0, 0.05) is 24.2 Å². The van der Waals surface area contributed by atoms with Gasteiger partial charge in [-0.15, -0.1) is 0 Å². The molecule has 0 unspecified atom stereocenters. The van der Waals surface area contributed by atoms with Gasteiger partial charge in [0.2, 0.25) is 5.91 Å². The molecule has 0 radical (unpaired) electrons. The maximum Gasteiger partial charge on any atom is 0.294 e. The van der Waals surface area contributed by atoms with Gasteiger partial charge in [-0.05, 0) is 12.1 Å². The zero-order valence-corrected chi connectivity index (χ0v) is 9.53. The molecule has 1 aromatic rings. The van der Waals surface area contributed by atoms with Crippen molar-refractivity contribution in [1.82, 2.24) is 5.32 Å². The number of nitro groups is 1. The highest BCUT2D eigenvalue weighted by atomic mass is 35.5. The van der Waals surface area contributed by atoms with Crippen LogP contribution in [-0.4, -0.2) is 23.9 Å². The monoisotopic (exact) mass is 255 g/mol. The molecule has 0 aromatic heterocycles. The van der Waals surface area contributed by atoms with Gasteiger partial charge in [0.25, 0.3) is 5.69 Å². The van der Waals surface area contributed by atoms with Crippen molar-refractivity contribution in [2.75, 3.05) is 18.4 Å². The summed E-state index contributed by atoms with van der Waals surface area (Å²) in [7, 11) is 0. The average Bonchev–Trinajstić information content (AvgIpc) is 2.17. The van der Waals surface area contributed by atoms with Crippen LogP contribution in [0.4, 0.5) is 11.4 Å². The van der Waals surface area contributed by atoms with E-state index in [0.717, 1.165) is 0 Å². The van der Waals surface area contributed by atoms with Gasteiger partial charge < -0.3 is 10.6 Å². The zero-order valence-electron chi connectivity index (χ0n) is 8.77. The standard InChI is InChI=1S/C10H10ClN3O3/c11-7-1-2-8(9(3-7)14(16)17)13-10(15)6-4-12-5-6/h1-3,6,12H,4-5H2,(H,13,15). The summed E-state index contributed by atoms with van der Waals surface area (Å²) in [6, 6.07) is 4.16. The van der Waals surface area contributed by atoms with E-state index in [0.29, 0.717) is 13.1 Å². The number of carbonyl (C=O) groups is 1. The average molecular weight is 256 g/mol. The molecule has 0 atom stereocenters. The quantitative estimate of drug-likeness (QED) is 0.632. The Labute approximate surface area is 102 Å². The van der Waals surface area contributed by atoms with Crippen molar-refractivity contribution in [1.29, 1.82) is 0 Å². The lowest BCUT2D eigenvalue weighted by Gasteiger charge is -2.25. The molecule has 0 spiro atoms. The number of amides is 1. The second kappa shape index (κ2) is 4.68. The van der Waals surface area contributed by atoms with Crippen LogP contribution in [0.5, 0.6) is 0 Å². The smallest absolute Gasteiger partial charge is 0.294 e. The Morgan fingerprint density at radius 3 is 2.76 bits per heavy atom. The van der Waals surface area contributed by atoms with Crippen LogP contribution in [0.3, 0.4) is 0 Å². The van der Waals surface area contributed by atoms with E-state index in [9.17, 15) is 14.9 Å². The fourth-order valence-electron chi connectivity index (χ4n) is 1.47. The number of rotatable bonds is 3. The molecule has 90 valence electrons. The van der Waals surface area contributed by atoms with E-state index >= 15 is 0 Å². The molecule has 1 aliphatic rings. The molecule has 2 rings (SSSR count). The van der Waals surface area contributed by atoms with Crippen molar-refractivity contribution in [2.45, 2.75) is 0 Å². The van der Waals surface area contributed by atoms with Gasteiger partial charge >= 0.3 is 0 Å². The number of hydrogen-bond acceptors (Lipinski definition) is 4. The van der Waals surface area contributed by atoms with Crippen molar-refractivity contribution in [3.05, 3.63) is 33.3 Å². The predicted octanol–water partition coefficient (Wildman–Crippen LogP) is 1.41. The summed E-state index contributed by atoms with van der Waals surface area (Å²) in [6.45, 7) is 1.21. The molecule has 1 heterocycles. The van der Waals surface area contributed by atoms with Gasteiger partial charge in [0.05, 0.1) is 10.8 Å². The SMILES string of the molecule is O=C(Nc1ccc(Cl)cc1[N+](=O)[O-])C1CNC1. The van der Waals surface area contributed by atoms with Crippen molar-refractivity contribution in [3.8, 4) is 0 Å². The van der Waals surface area contributed by atoms with Gasteiger partial charge in [-0.25, -0.2) is 0 Å². The lowest BCUT2D eigenvalue weighted by atomic mass is 10.0. The van der Waals surface area contributed by atoms with E-state index in [1.807, 2.05) is 0 Å². The molecule has 1 saturated heterocycles. The molecular formula is C10H10ClN3O3. The first-order chi connectivity index (χ1) is 8.08. The second-order valence-corrected chi connectivity index (χ2v) is 4.20. The molecule has 1 amide bonds. The van der Waals surface area contributed by atoms with Crippen LogP contribution in [0.1, 0.15) is 0 Å². The van der Waals surface area contributed by atoms with Crippen LogP contribution in [0.2, 0.25) is 5.02 Å². The van der Waals surface area contributed by atoms with Crippen molar-refractivity contribution < 1.29 is 9.72 Å². The molecule has 0 aliphatic carbocycles. The lowest BCUT2D eigenvalue weighted by molar-refractivity contribution is -0.383. The third-order valence-electron chi connectivity index (χ3n) is 2.57. The molecule has 1 fully saturated rings. The minimum absolute atomic E-state index is 0.120. The van der Waals surface area contributed by atoms with Gasteiger partial charge in [0.15, 0.2) is 0 Å². The summed E-state index contributed by atoms with van der Waals surface area (Å²) < 4.78 is 0.